The van der Waals surface area contributed by atoms with E-state index in [1.807, 2.05) is 31.2 Å². The Morgan fingerprint density at radius 3 is 2.91 bits per heavy atom. The second-order valence-electron chi connectivity index (χ2n) is 5.31. The van der Waals surface area contributed by atoms with Gasteiger partial charge in [-0.3, -0.25) is 14.6 Å². The molecule has 2 aromatic heterocycles. The number of benzene rings is 1. The molecule has 1 aromatic carbocycles. The normalized spacial score (nSPS) is 10.7. The van der Waals surface area contributed by atoms with E-state index in [1.54, 1.807) is 0 Å². The van der Waals surface area contributed by atoms with Crippen molar-refractivity contribution < 1.29 is 4.79 Å². The van der Waals surface area contributed by atoms with Crippen LogP contribution in [0.4, 0.5) is 0 Å². The largest absolute Gasteiger partial charge is 0.350 e. The molecule has 0 aliphatic rings. The van der Waals surface area contributed by atoms with Crippen molar-refractivity contribution in [2.45, 2.75) is 13.3 Å². The molecule has 0 bridgehead atoms. The number of aryl methyl sites for hydroxylation is 1. The Labute approximate surface area is 132 Å². The minimum atomic E-state index is -0.300. The molecule has 6 heteroatoms. The molecule has 0 saturated carbocycles. The molecule has 0 fully saturated rings. The standard InChI is InChI=1S/C17H16N4O2/c1-11-2-3-14-13(8-11)9-12(16(22)21-14)4-5-20-17(23)15-10-18-6-7-19-15/h2-3,6-10H,4-5H2,1H3,(H,20,23)(H,21,22). The minimum absolute atomic E-state index is 0.130. The summed E-state index contributed by atoms with van der Waals surface area (Å²) >= 11 is 0. The second kappa shape index (κ2) is 6.39. The molecular formula is C17H16N4O2. The predicted octanol–water partition coefficient (Wildman–Crippen LogP) is 1.60. The van der Waals surface area contributed by atoms with Crippen LogP contribution in [0.25, 0.3) is 10.9 Å². The highest BCUT2D eigenvalue weighted by molar-refractivity contribution is 5.91. The smallest absolute Gasteiger partial charge is 0.271 e. The Kier molecular flexibility index (Phi) is 4.14. The van der Waals surface area contributed by atoms with E-state index < -0.39 is 0 Å². The van der Waals surface area contributed by atoms with Gasteiger partial charge >= 0.3 is 0 Å². The lowest BCUT2D eigenvalue weighted by molar-refractivity contribution is 0.0948. The number of rotatable bonds is 4. The summed E-state index contributed by atoms with van der Waals surface area (Å²) in [6, 6.07) is 7.74. The van der Waals surface area contributed by atoms with Gasteiger partial charge in [0.1, 0.15) is 5.69 Å². The van der Waals surface area contributed by atoms with Crippen LogP contribution < -0.4 is 10.9 Å². The third kappa shape index (κ3) is 3.42. The summed E-state index contributed by atoms with van der Waals surface area (Å²) in [5.74, 6) is -0.300. The molecule has 6 nitrogen and oxygen atoms in total. The maximum atomic E-state index is 12.1. The van der Waals surface area contributed by atoms with Crippen LogP contribution in [0.2, 0.25) is 0 Å². The van der Waals surface area contributed by atoms with Crippen molar-refractivity contribution >= 4 is 16.8 Å². The van der Waals surface area contributed by atoms with Crippen LogP contribution in [0.3, 0.4) is 0 Å². The predicted molar refractivity (Wildman–Crippen MR) is 87.4 cm³/mol. The van der Waals surface area contributed by atoms with E-state index in [4.69, 9.17) is 0 Å². The number of amides is 1. The lowest BCUT2D eigenvalue weighted by Gasteiger charge is -2.06. The molecule has 0 spiro atoms. The Hall–Kier alpha value is -3.02. The molecule has 23 heavy (non-hydrogen) atoms. The van der Waals surface area contributed by atoms with Crippen molar-refractivity contribution in [3.63, 3.8) is 0 Å². The van der Waals surface area contributed by atoms with E-state index >= 15 is 0 Å². The summed E-state index contributed by atoms with van der Waals surface area (Å²) in [4.78, 5) is 34.6. The number of aromatic nitrogens is 3. The molecule has 3 aromatic rings. The monoisotopic (exact) mass is 308 g/mol. The summed E-state index contributed by atoms with van der Waals surface area (Å²) in [6.07, 6.45) is 4.82. The highest BCUT2D eigenvalue weighted by Gasteiger charge is 2.07. The van der Waals surface area contributed by atoms with Crippen molar-refractivity contribution in [3.05, 3.63) is 70.0 Å². The first-order valence-corrected chi connectivity index (χ1v) is 7.30. The Balaban J connectivity index is 1.71. The number of hydrogen-bond donors (Lipinski definition) is 2. The van der Waals surface area contributed by atoms with Gasteiger partial charge in [0.05, 0.1) is 6.20 Å². The lowest BCUT2D eigenvalue weighted by Crippen LogP contribution is -2.28. The average Bonchev–Trinajstić information content (AvgIpc) is 2.56. The van der Waals surface area contributed by atoms with Crippen LogP contribution >= 0.6 is 0 Å². The number of carbonyl (C=O) groups excluding carboxylic acids is 1. The van der Waals surface area contributed by atoms with Gasteiger partial charge in [-0.15, -0.1) is 0 Å². The van der Waals surface area contributed by atoms with Gasteiger partial charge in [0.15, 0.2) is 0 Å². The molecule has 0 aliphatic heterocycles. The summed E-state index contributed by atoms with van der Waals surface area (Å²) in [5.41, 5.74) is 2.72. The number of pyridine rings is 1. The van der Waals surface area contributed by atoms with Gasteiger partial charge in [0.25, 0.3) is 11.5 Å². The van der Waals surface area contributed by atoms with Gasteiger partial charge in [-0.25, -0.2) is 4.98 Å². The van der Waals surface area contributed by atoms with Crippen molar-refractivity contribution in [2.75, 3.05) is 6.54 Å². The highest BCUT2D eigenvalue weighted by Crippen LogP contribution is 2.13. The molecule has 2 heterocycles. The van der Waals surface area contributed by atoms with E-state index in [-0.39, 0.29) is 17.2 Å². The SMILES string of the molecule is Cc1ccc2[nH]c(=O)c(CCNC(=O)c3cnccn3)cc2c1. The fraction of sp³-hybridized carbons (Fsp3) is 0.176. The van der Waals surface area contributed by atoms with E-state index in [9.17, 15) is 9.59 Å². The zero-order valence-electron chi connectivity index (χ0n) is 12.7. The van der Waals surface area contributed by atoms with Crippen molar-refractivity contribution in [1.82, 2.24) is 20.3 Å². The van der Waals surface area contributed by atoms with Gasteiger partial charge in [0, 0.05) is 30.0 Å². The maximum absolute atomic E-state index is 12.1. The Bertz CT molecular complexity index is 903. The minimum Gasteiger partial charge on any atom is -0.350 e. The summed E-state index contributed by atoms with van der Waals surface area (Å²) in [5, 5.41) is 3.73. The highest BCUT2D eigenvalue weighted by atomic mass is 16.2. The number of aromatic amines is 1. The molecule has 116 valence electrons. The van der Waals surface area contributed by atoms with Gasteiger partial charge in [-0.05, 0) is 36.9 Å². The zero-order valence-corrected chi connectivity index (χ0v) is 12.7. The van der Waals surface area contributed by atoms with Gasteiger partial charge in [0.2, 0.25) is 0 Å². The van der Waals surface area contributed by atoms with Gasteiger partial charge < -0.3 is 10.3 Å². The van der Waals surface area contributed by atoms with E-state index in [0.717, 1.165) is 16.5 Å². The van der Waals surface area contributed by atoms with Crippen LogP contribution in [0.5, 0.6) is 0 Å². The molecule has 3 rings (SSSR count). The van der Waals surface area contributed by atoms with Crippen LogP contribution in [0.1, 0.15) is 21.6 Å². The number of carbonyl (C=O) groups is 1. The number of nitrogens with one attached hydrogen (secondary N) is 2. The summed E-state index contributed by atoms with van der Waals surface area (Å²) in [6.45, 7) is 2.36. The Morgan fingerprint density at radius 2 is 2.13 bits per heavy atom. The first kappa shape index (κ1) is 14.9. The molecular weight excluding hydrogens is 292 g/mol. The van der Waals surface area contributed by atoms with Crippen molar-refractivity contribution in [3.8, 4) is 0 Å². The van der Waals surface area contributed by atoms with Crippen molar-refractivity contribution in [2.24, 2.45) is 0 Å². The van der Waals surface area contributed by atoms with Crippen LogP contribution in [0, 0.1) is 6.92 Å². The molecule has 0 atom stereocenters. The van der Waals surface area contributed by atoms with Crippen LogP contribution in [-0.4, -0.2) is 27.4 Å². The van der Waals surface area contributed by atoms with Crippen LogP contribution in [-0.2, 0) is 6.42 Å². The third-order valence-corrected chi connectivity index (χ3v) is 3.55. The van der Waals surface area contributed by atoms with Crippen molar-refractivity contribution in [1.29, 1.82) is 0 Å². The Morgan fingerprint density at radius 1 is 1.26 bits per heavy atom. The zero-order chi connectivity index (χ0) is 16.2. The fourth-order valence-corrected chi connectivity index (χ4v) is 2.37. The molecule has 0 radical (unpaired) electrons. The fourth-order valence-electron chi connectivity index (χ4n) is 2.37. The second-order valence-corrected chi connectivity index (χ2v) is 5.31. The molecule has 0 unspecified atom stereocenters. The van der Waals surface area contributed by atoms with E-state index in [0.29, 0.717) is 18.5 Å². The van der Waals surface area contributed by atoms with Gasteiger partial charge in [-0.1, -0.05) is 11.6 Å². The number of nitrogens with zero attached hydrogens (tertiary/aromatic N) is 2. The summed E-state index contributed by atoms with van der Waals surface area (Å²) < 4.78 is 0. The first-order chi connectivity index (χ1) is 11.1. The number of fused-ring (bicyclic) bond motifs is 1. The molecule has 0 aliphatic carbocycles. The maximum Gasteiger partial charge on any atom is 0.271 e. The van der Waals surface area contributed by atoms with Gasteiger partial charge in [-0.2, -0.15) is 0 Å². The van der Waals surface area contributed by atoms with E-state index in [1.165, 1.54) is 18.6 Å². The average molecular weight is 308 g/mol. The van der Waals surface area contributed by atoms with E-state index in [2.05, 4.69) is 20.3 Å². The quantitative estimate of drug-likeness (QED) is 0.766. The topological polar surface area (TPSA) is 87.7 Å². The first-order valence-electron chi connectivity index (χ1n) is 7.30. The third-order valence-electron chi connectivity index (χ3n) is 3.55. The molecule has 1 amide bonds. The summed E-state index contributed by atoms with van der Waals surface area (Å²) in [7, 11) is 0. The van der Waals surface area contributed by atoms with Crippen LogP contribution in [0.15, 0.2) is 47.7 Å². The number of H-pyrrole nitrogens is 1. The molecule has 2 N–H and O–H groups in total. The molecule has 0 saturated heterocycles. The lowest BCUT2D eigenvalue weighted by atomic mass is 10.1. The number of hydrogen-bond acceptors (Lipinski definition) is 4.